The first-order chi connectivity index (χ1) is 9.56. The zero-order chi connectivity index (χ0) is 14.7. The summed E-state index contributed by atoms with van der Waals surface area (Å²) in [5.41, 5.74) is 1.73. The van der Waals surface area contributed by atoms with E-state index in [1.165, 1.54) is 0 Å². The van der Waals surface area contributed by atoms with Gasteiger partial charge in [-0.2, -0.15) is 5.26 Å². The predicted molar refractivity (Wildman–Crippen MR) is 72.3 cm³/mol. The molecule has 1 aliphatic heterocycles. The van der Waals surface area contributed by atoms with Gasteiger partial charge >= 0.3 is 0 Å². The smallest absolute Gasteiger partial charge is 0.249 e. The number of carbonyl (C=O) groups is 2. The average Bonchev–Trinajstić information content (AvgIpc) is 2.42. The van der Waals surface area contributed by atoms with Crippen molar-refractivity contribution in [3.63, 3.8) is 0 Å². The van der Waals surface area contributed by atoms with E-state index in [1.807, 2.05) is 25.1 Å². The van der Waals surface area contributed by atoms with E-state index in [-0.39, 0.29) is 31.4 Å². The maximum atomic E-state index is 11.9. The molecule has 1 heterocycles. The van der Waals surface area contributed by atoms with Gasteiger partial charge in [-0.3, -0.25) is 14.5 Å². The van der Waals surface area contributed by atoms with Gasteiger partial charge in [-0.05, 0) is 24.6 Å². The Balaban J connectivity index is 2.28. The van der Waals surface area contributed by atoms with Crippen LogP contribution < -0.4 is 9.64 Å². The van der Waals surface area contributed by atoms with Crippen LogP contribution in [-0.2, 0) is 9.59 Å². The van der Waals surface area contributed by atoms with E-state index >= 15 is 0 Å². The van der Waals surface area contributed by atoms with Gasteiger partial charge in [0.25, 0.3) is 0 Å². The zero-order valence-electron chi connectivity index (χ0n) is 11.4. The summed E-state index contributed by atoms with van der Waals surface area (Å²) in [5, 5.41) is 8.63. The molecule has 0 unspecified atom stereocenters. The molecule has 0 saturated carbocycles. The quantitative estimate of drug-likeness (QED) is 0.599. The van der Waals surface area contributed by atoms with Gasteiger partial charge in [0.15, 0.2) is 0 Å². The first-order valence-corrected chi connectivity index (χ1v) is 6.16. The first kappa shape index (κ1) is 13.9. The Kier molecular flexibility index (Phi) is 3.89. The number of carbonyl (C=O) groups excluding carboxylic acids is 2. The predicted octanol–water partition coefficient (Wildman–Crippen LogP) is 0.702. The van der Waals surface area contributed by atoms with Gasteiger partial charge in [-0.15, -0.1) is 0 Å². The van der Waals surface area contributed by atoms with Crippen LogP contribution in [0.2, 0.25) is 0 Å². The Hall–Kier alpha value is -2.55. The third kappa shape index (κ3) is 2.57. The highest BCUT2D eigenvalue weighted by molar-refractivity contribution is 6.03. The number of nitrogens with zero attached hydrogens (tertiary/aromatic N) is 3. The van der Waals surface area contributed by atoms with Gasteiger partial charge in [0.1, 0.15) is 12.3 Å². The number of hydrogen-bond acceptors (Lipinski definition) is 5. The lowest BCUT2D eigenvalue weighted by Crippen LogP contribution is -2.54. The molecule has 0 spiro atoms. The molecule has 0 atom stereocenters. The highest BCUT2D eigenvalue weighted by Crippen LogP contribution is 2.30. The minimum atomic E-state index is -0.369. The van der Waals surface area contributed by atoms with Crippen molar-refractivity contribution in [1.29, 1.82) is 5.26 Å². The molecule has 2 rings (SSSR count). The number of imide groups is 1. The molecule has 2 amide bonds. The molecule has 0 aliphatic carbocycles. The largest absolute Gasteiger partial charge is 0.495 e. The van der Waals surface area contributed by atoms with Crippen LogP contribution in [0.4, 0.5) is 5.69 Å². The van der Waals surface area contributed by atoms with Crippen LogP contribution in [0.5, 0.6) is 5.75 Å². The minimum Gasteiger partial charge on any atom is -0.495 e. The van der Waals surface area contributed by atoms with Crippen LogP contribution in [0.25, 0.3) is 0 Å². The molecule has 6 heteroatoms. The summed E-state index contributed by atoms with van der Waals surface area (Å²) < 4.78 is 5.27. The monoisotopic (exact) mass is 273 g/mol. The average molecular weight is 273 g/mol. The molecular weight excluding hydrogens is 258 g/mol. The van der Waals surface area contributed by atoms with Crippen molar-refractivity contribution in [3.8, 4) is 11.8 Å². The van der Waals surface area contributed by atoms with E-state index in [1.54, 1.807) is 18.1 Å². The molecule has 20 heavy (non-hydrogen) atoms. The van der Waals surface area contributed by atoms with Gasteiger partial charge in [0, 0.05) is 0 Å². The van der Waals surface area contributed by atoms with Crippen LogP contribution in [-0.4, -0.2) is 43.5 Å². The van der Waals surface area contributed by atoms with Crippen LogP contribution in [0.15, 0.2) is 18.2 Å². The zero-order valence-corrected chi connectivity index (χ0v) is 11.4. The number of piperazine rings is 1. The number of benzene rings is 1. The highest BCUT2D eigenvalue weighted by atomic mass is 16.5. The fourth-order valence-electron chi connectivity index (χ4n) is 2.16. The van der Waals surface area contributed by atoms with Gasteiger partial charge in [0.05, 0.1) is 32.0 Å². The van der Waals surface area contributed by atoms with Gasteiger partial charge < -0.3 is 9.64 Å². The molecule has 1 saturated heterocycles. The molecule has 0 aromatic heterocycles. The van der Waals surface area contributed by atoms with E-state index in [4.69, 9.17) is 10.00 Å². The second-order valence-corrected chi connectivity index (χ2v) is 4.56. The van der Waals surface area contributed by atoms with Crippen LogP contribution in [0, 0.1) is 18.3 Å². The standard InChI is InChI=1S/C14H15N3O3/c1-10-3-4-12(20-2)11(7-10)16-8-13(18)17(6-5-15)14(19)9-16/h3-4,7H,6,8-9H2,1-2H3. The lowest BCUT2D eigenvalue weighted by Gasteiger charge is -2.33. The number of amides is 2. The van der Waals surface area contributed by atoms with Crippen LogP contribution in [0.1, 0.15) is 5.56 Å². The molecule has 0 radical (unpaired) electrons. The number of methoxy groups -OCH3 is 1. The molecular formula is C14H15N3O3. The van der Waals surface area contributed by atoms with Crippen molar-refractivity contribution in [3.05, 3.63) is 23.8 Å². The van der Waals surface area contributed by atoms with Crippen molar-refractivity contribution in [2.75, 3.05) is 31.6 Å². The highest BCUT2D eigenvalue weighted by Gasteiger charge is 2.31. The summed E-state index contributed by atoms with van der Waals surface area (Å²) in [6.45, 7) is 1.86. The van der Waals surface area contributed by atoms with E-state index < -0.39 is 0 Å². The third-order valence-corrected chi connectivity index (χ3v) is 3.16. The van der Waals surface area contributed by atoms with E-state index in [0.29, 0.717) is 11.4 Å². The SMILES string of the molecule is COc1ccc(C)cc1N1CC(=O)N(CC#N)C(=O)C1. The summed E-state index contributed by atoms with van der Waals surface area (Å²) in [7, 11) is 1.55. The van der Waals surface area contributed by atoms with Crippen LogP contribution in [0.3, 0.4) is 0 Å². The summed E-state index contributed by atoms with van der Waals surface area (Å²) in [4.78, 5) is 26.5. The molecule has 1 aromatic carbocycles. The second-order valence-electron chi connectivity index (χ2n) is 4.56. The number of rotatable bonds is 3. The van der Waals surface area contributed by atoms with Gasteiger partial charge in [-0.25, -0.2) is 0 Å². The van der Waals surface area contributed by atoms with E-state index in [0.717, 1.165) is 10.5 Å². The Morgan fingerprint density at radius 2 is 1.95 bits per heavy atom. The molecule has 1 aliphatic rings. The number of ether oxygens (including phenoxy) is 1. The summed E-state index contributed by atoms with van der Waals surface area (Å²) in [6, 6.07) is 7.41. The van der Waals surface area contributed by atoms with Crippen LogP contribution >= 0.6 is 0 Å². The van der Waals surface area contributed by atoms with Crippen molar-refractivity contribution < 1.29 is 14.3 Å². The minimum absolute atomic E-state index is 0.0627. The number of hydrogen-bond donors (Lipinski definition) is 0. The van der Waals surface area contributed by atoms with E-state index in [9.17, 15) is 9.59 Å². The van der Waals surface area contributed by atoms with E-state index in [2.05, 4.69) is 0 Å². The summed E-state index contributed by atoms with van der Waals surface area (Å²) >= 11 is 0. The second kappa shape index (κ2) is 5.61. The number of aryl methyl sites for hydroxylation is 1. The molecule has 1 aromatic rings. The third-order valence-electron chi connectivity index (χ3n) is 3.16. The lowest BCUT2D eigenvalue weighted by molar-refractivity contribution is -0.144. The van der Waals surface area contributed by atoms with Gasteiger partial charge in [-0.1, -0.05) is 6.07 Å². The number of anilines is 1. The summed E-state index contributed by atoms with van der Waals surface area (Å²) in [5.74, 6) is -0.123. The molecule has 0 N–H and O–H groups in total. The fourth-order valence-corrected chi connectivity index (χ4v) is 2.16. The van der Waals surface area contributed by atoms with Crippen molar-refractivity contribution in [1.82, 2.24) is 4.90 Å². The molecule has 1 fully saturated rings. The lowest BCUT2D eigenvalue weighted by atomic mass is 10.1. The summed E-state index contributed by atoms with van der Waals surface area (Å²) in [6.07, 6.45) is 0. The Bertz CT molecular complexity index is 574. The molecule has 104 valence electrons. The Morgan fingerprint density at radius 1 is 1.30 bits per heavy atom. The topological polar surface area (TPSA) is 73.6 Å². The van der Waals surface area contributed by atoms with Gasteiger partial charge in [0.2, 0.25) is 11.8 Å². The number of nitriles is 1. The maximum Gasteiger partial charge on any atom is 0.249 e. The molecule has 6 nitrogen and oxygen atoms in total. The Labute approximate surface area is 117 Å². The normalized spacial score (nSPS) is 15.2. The Morgan fingerprint density at radius 3 is 2.50 bits per heavy atom. The van der Waals surface area contributed by atoms with Crippen molar-refractivity contribution >= 4 is 17.5 Å². The molecule has 0 bridgehead atoms. The first-order valence-electron chi connectivity index (χ1n) is 6.16. The van der Waals surface area contributed by atoms with Crippen molar-refractivity contribution in [2.45, 2.75) is 6.92 Å². The fraction of sp³-hybridized carbons (Fsp3) is 0.357. The maximum absolute atomic E-state index is 11.9. The van der Waals surface area contributed by atoms with Crippen molar-refractivity contribution in [2.24, 2.45) is 0 Å².